The normalized spacial score (nSPS) is 23.7. The van der Waals surface area contributed by atoms with Crippen LogP contribution in [0.25, 0.3) is 0 Å². The van der Waals surface area contributed by atoms with E-state index < -0.39 is 0 Å². The fourth-order valence-corrected chi connectivity index (χ4v) is 4.43. The van der Waals surface area contributed by atoms with Gasteiger partial charge in [0.05, 0.1) is 13.2 Å². The molecule has 2 aromatic rings. The number of pyridine rings is 1. The molecule has 1 aliphatic carbocycles. The van der Waals surface area contributed by atoms with Gasteiger partial charge < -0.3 is 10.1 Å². The number of carbonyl (C=O) groups excluding carboxylic acids is 2. The van der Waals surface area contributed by atoms with E-state index in [0.29, 0.717) is 35.4 Å². The molecule has 5 heteroatoms. The van der Waals surface area contributed by atoms with Crippen molar-refractivity contribution in [2.24, 2.45) is 17.8 Å². The predicted molar refractivity (Wildman–Crippen MR) is 106 cm³/mol. The molecule has 0 spiro atoms. The molecule has 2 aliphatic rings. The van der Waals surface area contributed by atoms with E-state index in [2.05, 4.69) is 29.4 Å². The number of fused-ring (bicyclic) bond motifs is 1. The lowest BCUT2D eigenvalue weighted by molar-refractivity contribution is 0.0950. The number of Topliss-reactive ketones (excluding diaryl/α,β-unsaturated/α-hetero) is 1. The molecular formula is C23H26N2O3. The molecule has 0 bridgehead atoms. The highest BCUT2D eigenvalue weighted by Gasteiger charge is 2.54. The summed E-state index contributed by atoms with van der Waals surface area (Å²) in [6.45, 7) is 3.65. The van der Waals surface area contributed by atoms with Gasteiger partial charge in [-0.25, -0.2) is 4.98 Å². The molecule has 1 amide bonds. The number of rotatable bonds is 7. The van der Waals surface area contributed by atoms with Gasteiger partial charge in [0.2, 0.25) is 0 Å². The van der Waals surface area contributed by atoms with Gasteiger partial charge in [0.25, 0.3) is 5.91 Å². The van der Waals surface area contributed by atoms with E-state index in [-0.39, 0.29) is 17.6 Å². The van der Waals surface area contributed by atoms with Crippen LogP contribution in [0, 0.1) is 17.8 Å². The van der Waals surface area contributed by atoms with Crippen LogP contribution in [0.2, 0.25) is 0 Å². The van der Waals surface area contributed by atoms with E-state index in [1.807, 2.05) is 24.3 Å². The van der Waals surface area contributed by atoms with Crippen molar-refractivity contribution < 1.29 is 14.3 Å². The Hall–Kier alpha value is -2.53. The lowest BCUT2D eigenvalue weighted by atomic mass is 9.91. The van der Waals surface area contributed by atoms with Gasteiger partial charge in [-0.05, 0) is 41.9 Å². The number of nitrogens with zero attached hydrogens (tertiary/aromatic N) is 1. The number of ketones is 1. The van der Waals surface area contributed by atoms with Crippen molar-refractivity contribution in [2.75, 3.05) is 20.3 Å². The Morgan fingerprint density at radius 3 is 2.54 bits per heavy atom. The molecule has 4 atom stereocenters. The molecular weight excluding hydrogens is 352 g/mol. The molecule has 146 valence electrons. The van der Waals surface area contributed by atoms with Gasteiger partial charge in [0, 0.05) is 30.6 Å². The fraction of sp³-hybridized carbons (Fsp3) is 0.435. The summed E-state index contributed by atoms with van der Waals surface area (Å²) in [5.74, 6) is 1.38. The van der Waals surface area contributed by atoms with Crippen molar-refractivity contribution in [1.29, 1.82) is 0 Å². The highest BCUT2D eigenvalue weighted by Crippen LogP contribution is 2.53. The van der Waals surface area contributed by atoms with Crippen LogP contribution >= 0.6 is 0 Å². The first kappa shape index (κ1) is 18.8. The molecule has 1 saturated heterocycles. The minimum atomic E-state index is -0.268. The van der Waals surface area contributed by atoms with Gasteiger partial charge >= 0.3 is 0 Å². The maximum atomic E-state index is 13.0. The first-order valence-electron chi connectivity index (χ1n) is 10.0. The Bertz CT molecular complexity index is 871. The van der Waals surface area contributed by atoms with Crippen LogP contribution < -0.4 is 5.32 Å². The van der Waals surface area contributed by atoms with Crippen LogP contribution in [-0.2, 0) is 4.74 Å². The van der Waals surface area contributed by atoms with Crippen LogP contribution in [0.5, 0.6) is 0 Å². The Morgan fingerprint density at radius 2 is 1.89 bits per heavy atom. The van der Waals surface area contributed by atoms with Crippen LogP contribution in [0.1, 0.15) is 57.8 Å². The summed E-state index contributed by atoms with van der Waals surface area (Å²) in [5, 5.41) is 2.63. The van der Waals surface area contributed by atoms with Gasteiger partial charge in [-0.1, -0.05) is 37.3 Å². The highest BCUT2D eigenvalue weighted by atomic mass is 16.5. The first-order chi connectivity index (χ1) is 13.6. The average Bonchev–Trinajstić information content (AvgIpc) is 3.14. The summed E-state index contributed by atoms with van der Waals surface area (Å²) in [7, 11) is 1.58. The van der Waals surface area contributed by atoms with Crippen LogP contribution in [0.4, 0.5) is 0 Å². The molecule has 1 saturated carbocycles. The van der Waals surface area contributed by atoms with E-state index in [9.17, 15) is 9.59 Å². The number of nitrogens with one attached hydrogen (secondary N) is 1. The molecule has 28 heavy (non-hydrogen) atoms. The largest absolute Gasteiger partial charge is 0.381 e. The molecule has 1 N–H and O–H groups in total. The molecule has 1 aliphatic heterocycles. The second-order valence-electron chi connectivity index (χ2n) is 7.77. The summed E-state index contributed by atoms with van der Waals surface area (Å²) in [6, 6.07) is 13.6. The van der Waals surface area contributed by atoms with E-state index in [4.69, 9.17) is 4.74 Å². The van der Waals surface area contributed by atoms with Crippen LogP contribution in [-0.4, -0.2) is 36.9 Å². The number of benzene rings is 1. The van der Waals surface area contributed by atoms with Gasteiger partial charge in [-0.3, -0.25) is 9.59 Å². The first-order valence-corrected chi connectivity index (χ1v) is 10.0. The zero-order chi connectivity index (χ0) is 19.7. The van der Waals surface area contributed by atoms with E-state index in [0.717, 1.165) is 30.9 Å². The van der Waals surface area contributed by atoms with Crippen molar-refractivity contribution in [2.45, 2.75) is 25.7 Å². The van der Waals surface area contributed by atoms with Gasteiger partial charge in [0.15, 0.2) is 5.78 Å². The number of amides is 1. The van der Waals surface area contributed by atoms with Crippen molar-refractivity contribution in [3.05, 3.63) is 65.0 Å². The minimum Gasteiger partial charge on any atom is -0.381 e. The lowest BCUT2D eigenvalue weighted by Crippen LogP contribution is -2.21. The van der Waals surface area contributed by atoms with E-state index in [1.165, 1.54) is 0 Å². The zero-order valence-corrected chi connectivity index (χ0v) is 16.4. The topological polar surface area (TPSA) is 68.3 Å². The van der Waals surface area contributed by atoms with Crippen LogP contribution in [0.3, 0.4) is 0 Å². The second kappa shape index (κ2) is 7.84. The summed E-state index contributed by atoms with van der Waals surface area (Å²) in [4.78, 5) is 29.9. The smallest absolute Gasteiger partial charge is 0.269 e. The molecule has 4 rings (SSSR count). The summed E-state index contributed by atoms with van der Waals surface area (Å²) in [5.41, 5.74) is 2.80. The lowest BCUT2D eigenvalue weighted by Gasteiger charge is -2.17. The van der Waals surface area contributed by atoms with Gasteiger partial charge in [0.1, 0.15) is 5.69 Å². The Morgan fingerprint density at radius 1 is 1.18 bits per heavy atom. The minimum absolute atomic E-state index is 0.0473. The number of hydrogen-bond acceptors (Lipinski definition) is 4. The monoisotopic (exact) mass is 378 g/mol. The van der Waals surface area contributed by atoms with Gasteiger partial charge in [-0.2, -0.15) is 0 Å². The summed E-state index contributed by atoms with van der Waals surface area (Å²) >= 11 is 0. The maximum Gasteiger partial charge on any atom is 0.269 e. The quantitative estimate of drug-likeness (QED) is 0.750. The standard InChI is InChI=1S/C23H26N2O3/c1-3-16(14-7-5-4-6-8-14)20-9-15(10-21(25-20)23(27)24-2)22(26)11-17-18-12-28-13-19(17)18/h4-10,16-19H,3,11-13H2,1-2H3,(H,24,27)/t16-,17?,18-,19+/m0/s1. The maximum absolute atomic E-state index is 13.0. The fourth-order valence-electron chi connectivity index (χ4n) is 4.43. The number of hydrogen-bond donors (Lipinski definition) is 1. The van der Waals surface area contributed by atoms with Crippen molar-refractivity contribution in [1.82, 2.24) is 10.3 Å². The van der Waals surface area contributed by atoms with E-state index in [1.54, 1.807) is 13.1 Å². The Balaban J connectivity index is 1.65. The number of aromatic nitrogens is 1. The van der Waals surface area contributed by atoms with Crippen molar-refractivity contribution in [3.63, 3.8) is 0 Å². The van der Waals surface area contributed by atoms with Crippen LogP contribution in [0.15, 0.2) is 42.5 Å². The third-order valence-electron chi connectivity index (χ3n) is 6.14. The molecule has 1 aromatic carbocycles. The number of ether oxygens (including phenoxy) is 1. The predicted octanol–water partition coefficient (Wildman–Crippen LogP) is 3.45. The van der Waals surface area contributed by atoms with Gasteiger partial charge in [-0.15, -0.1) is 0 Å². The Kier molecular flexibility index (Phi) is 5.27. The van der Waals surface area contributed by atoms with Crippen molar-refractivity contribution in [3.8, 4) is 0 Å². The second-order valence-corrected chi connectivity index (χ2v) is 7.77. The Labute approximate surface area is 165 Å². The highest BCUT2D eigenvalue weighted by molar-refractivity contribution is 6.00. The van der Waals surface area contributed by atoms with E-state index >= 15 is 0 Å². The summed E-state index contributed by atoms with van der Waals surface area (Å²) in [6.07, 6.45) is 1.36. The molecule has 5 nitrogen and oxygen atoms in total. The molecule has 2 heterocycles. The zero-order valence-electron chi connectivity index (χ0n) is 16.4. The third-order valence-corrected chi connectivity index (χ3v) is 6.14. The molecule has 0 radical (unpaired) electrons. The molecule has 1 aromatic heterocycles. The van der Waals surface area contributed by atoms with Crippen molar-refractivity contribution >= 4 is 11.7 Å². The number of carbonyl (C=O) groups is 2. The average molecular weight is 378 g/mol. The summed E-state index contributed by atoms with van der Waals surface area (Å²) < 4.78 is 5.43. The third kappa shape index (κ3) is 3.59. The molecule has 1 unspecified atom stereocenters. The SMILES string of the molecule is CC[C@@H](c1ccccc1)c1cc(C(=O)CC2[C@H]3COC[C@@H]23)cc(C(=O)NC)n1. The molecule has 2 fully saturated rings.